The summed E-state index contributed by atoms with van der Waals surface area (Å²) in [6.07, 6.45) is 4.58. The molecule has 0 bridgehead atoms. The second-order valence-electron chi connectivity index (χ2n) is 4.70. The number of fused-ring (bicyclic) bond motifs is 1. The van der Waals surface area contributed by atoms with Gasteiger partial charge in [-0.25, -0.2) is 4.98 Å². The predicted octanol–water partition coefficient (Wildman–Crippen LogP) is 3.13. The fraction of sp³-hybridized carbons (Fsp3) is 0.357. The number of aryl methyl sites for hydroxylation is 1. The van der Waals surface area contributed by atoms with E-state index in [1.807, 2.05) is 6.07 Å². The van der Waals surface area contributed by atoms with Crippen LogP contribution in [0, 0.1) is 5.92 Å². The summed E-state index contributed by atoms with van der Waals surface area (Å²) in [7, 11) is 0. The van der Waals surface area contributed by atoms with Crippen LogP contribution in [0.15, 0.2) is 36.5 Å². The molecule has 2 aromatic rings. The Morgan fingerprint density at radius 1 is 1.25 bits per heavy atom. The normalized spacial score (nSPS) is 19.4. The van der Waals surface area contributed by atoms with E-state index in [0.717, 1.165) is 24.6 Å². The third kappa shape index (κ3) is 1.64. The zero-order chi connectivity index (χ0) is 11.0. The number of hydrogen-bond donors (Lipinski definition) is 0. The molecule has 1 atom stereocenters. The number of aromatic nitrogens is 2. The summed E-state index contributed by atoms with van der Waals surface area (Å²) in [4.78, 5) is 4.73. The zero-order valence-corrected chi connectivity index (χ0v) is 9.56. The minimum Gasteiger partial charge on any atom is -0.334 e. The molecule has 1 aromatic heterocycles. The Kier molecular flexibility index (Phi) is 2.28. The van der Waals surface area contributed by atoms with E-state index in [1.54, 1.807) is 0 Å². The molecule has 3 rings (SSSR count). The van der Waals surface area contributed by atoms with Crippen LogP contribution in [0.3, 0.4) is 0 Å². The number of rotatable bonds is 1. The van der Waals surface area contributed by atoms with Gasteiger partial charge in [0.25, 0.3) is 0 Å². The van der Waals surface area contributed by atoms with E-state index < -0.39 is 0 Å². The molecule has 1 aromatic carbocycles. The summed E-state index contributed by atoms with van der Waals surface area (Å²) in [5.41, 5.74) is 2.33. The molecule has 2 heterocycles. The van der Waals surface area contributed by atoms with Crippen molar-refractivity contribution in [2.75, 3.05) is 0 Å². The summed E-state index contributed by atoms with van der Waals surface area (Å²) >= 11 is 0. The van der Waals surface area contributed by atoms with Crippen LogP contribution in [0.4, 0.5) is 0 Å². The Bertz CT molecular complexity index is 485. The highest BCUT2D eigenvalue weighted by molar-refractivity contribution is 5.58. The molecular formula is C14H16N2. The fourth-order valence-corrected chi connectivity index (χ4v) is 2.33. The molecule has 0 spiro atoms. The Morgan fingerprint density at radius 3 is 2.88 bits per heavy atom. The van der Waals surface area contributed by atoms with Crippen LogP contribution in [0.5, 0.6) is 0 Å². The first kappa shape index (κ1) is 9.64. The average molecular weight is 212 g/mol. The quantitative estimate of drug-likeness (QED) is 0.710. The van der Waals surface area contributed by atoms with E-state index in [1.165, 1.54) is 17.8 Å². The van der Waals surface area contributed by atoms with Crippen molar-refractivity contribution in [2.24, 2.45) is 5.92 Å². The Balaban J connectivity index is 1.99. The summed E-state index contributed by atoms with van der Waals surface area (Å²) in [6, 6.07) is 10.4. The van der Waals surface area contributed by atoms with E-state index in [2.05, 4.69) is 42.0 Å². The molecule has 16 heavy (non-hydrogen) atoms. The van der Waals surface area contributed by atoms with E-state index in [0.29, 0.717) is 0 Å². The second-order valence-corrected chi connectivity index (χ2v) is 4.70. The molecule has 2 heteroatoms. The summed E-state index contributed by atoms with van der Waals surface area (Å²) in [6.45, 7) is 3.43. The van der Waals surface area contributed by atoms with Crippen molar-refractivity contribution in [1.82, 2.24) is 9.55 Å². The van der Waals surface area contributed by atoms with Crippen LogP contribution in [0.25, 0.3) is 11.3 Å². The minimum absolute atomic E-state index is 0.776. The molecule has 1 unspecified atom stereocenters. The molecule has 0 N–H and O–H groups in total. The maximum absolute atomic E-state index is 4.73. The first-order chi connectivity index (χ1) is 7.83. The van der Waals surface area contributed by atoms with Crippen molar-refractivity contribution in [3.8, 4) is 11.3 Å². The summed E-state index contributed by atoms with van der Waals surface area (Å²) in [5, 5.41) is 0. The molecule has 0 radical (unpaired) electrons. The van der Waals surface area contributed by atoms with Crippen molar-refractivity contribution >= 4 is 0 Å². The van der Waals surface area contributed by atoms with Gasteiger partial charge in [0.15, 0.2) is 0 Å². The number of benzene rings is 1. The van der Waals surface area contributed by atoms with Crippen LogP contribution in [-0.4, -0.2) is 9.55 Å². The number of nitrogens with zero attached hydrogens (tertiary/aromatic N) is 2. The molecule has 0 fully saturated rings. The van der Waals surface area contributed by atoms with Gasteiger partial charge in [-0.15, -0.1) is 0 Å². The molecular weight excluding hydrogens is 196 g/mol. The number of hydrogen-bond acceptors (Lipinski definition) is 1. The molecule has 0 saturated carbocycles. The van der Waals surface area contributed by atoms with Gasteiger partial charge in [0.2, 0.25) is 0 Å². The molecule has 82 valence electrons. The van der Waals surface area contributed by atoms with Gasteiger partial charge in [-0.05, 0) is 12.3 Å². The van der Waals surface area contributed by atoms with Crippen molar-refractivity contribution in [2.45, 2.75) is 26.3 Å². The van der Waals surface area contributed by atoms with Crippen molar-refractivity contribution in [3.05, 3.63) is 42.4 Å². The van der Waals surface area contributed by atoms with Crippen molar-refractivity contribution < 1.29 is 0 Å². The van der Waals surface area contributed by atoms with Gasteiger partial charge < -0.3 is 4.57 Å². The van der Waals surface area contributed by atoms with Crippen LogP contribution in [-0.2, 0) is 13.0 Å². The Hall–Kier alpha value is -1.57. The standard InChI is InChI=1S/C14H16N2/c1-11-7-8-16-10-13(15-14(16)9-11)12-5-3-2-4-6-12/h2-6,10-11H,7-9H2,1H3. The lowest BCUT2D eigenvalue weighted by Gasteiger charge is -2.18. The highest BCUT2D eigenvalue weighted by atomic mass is 15.1. The SMILES string of the molecule is CC1CCn2cc(-c3ccccc3)nc2C1. The largest absolute Gasteiger partial charge is 0.334 e. The lowest BCUT2D eigenvalue weighted by molar-refractivity contribution is 0.409. The van der Waals surface area contributed by atoms with E-state index >= 15 is 0 Å². The second kappa shape index (κ2) is 3.78. The third-order valence-corrected chi connectivity index (χ3v) is 3.32. The van der Waals surface area contributed by atoms with Gasteiger partial charge in [0, 0.05) is 24.7 Å². The topological polar surface area (TPSA) is 17.8 Å². The monoisotopic (exact) mass is 212 g/mol. The maximum Gasteiger partial charge on any atom is 0.109 e. The molecule has 0 aliphatic carbocycles. The van der Waals surface area contributed by atoms with E-state index in [-0.39, 0.29) is 0 Å². The summed E-state index contributed by atoms with van der Waals surface area (Å²) < 4.78 is 2.31. The Morgan fingerprint density at radius 2 is 2.06 bits per heavy atom. The van der Waals surface area contributed by atoms with Crippen LogP contribution in [0.2, 0.25) is 0 Å². The summed E-state index contributed by atoms with van der Waals surface area (Å²) in [5.74, 6) is 2.02. The highest BCUT2D eigenvalue weighted by Gasteiger charge is 2.17. The molecule has 1 aliphatic rings. The predicted molar refractivity (Wildman–Crippen MR) is 65.1 cm³/mol. The van der Waals surface area contributed by atoms with E-state index in [9.17, 15) is 0 Å². The molecule has 1 aliphatic heterocycles. The van der Waals surface area contributed by atoms with Gasteiger partial charge in [0.05, 0.1) is 5.69 Å². The van der Waals surface area contributed by atoms with Crippen molar-refractivity contribution in [1.29, 1.82) is 0 Å². The fourth-order valence-electron chi connectivity index (χ4n) is 2.33. The Labute approximate surface area is 95.9 Å². The van der Waals surface area contributed by atoms with Crippen LogP contribution in [0.1, 0.15) is 19.2 Å². The van der Waals surface area contributed by atoms with Gasteiger partial charge in [-0.3, -0.25) is 0 Å². The van der Waals surface area contributed by atoms with Gasteiger partial charge in [0.1, 0.15) is 5.82 Å². The third-order valence-electron chi connectivity index (χ3n) is 3.32. The van der Waals surface area contributed by atoms with Gasteiger partial charge >= 0.3 is 0 Å². The van der Waals surface area contributed by atoms with Gasteiger partial charge in [-0.2, -0.15) is 0 Å². The first-order valence-corrected chi connectivity index (χ1v) is 5.94. The molecule has 0 amide bonds. The van der Waals surface area contributed by atoms with Crippen LogP contribution >= 0.6 is 0 Å². The van der Waals surface area contributed by atoms with Gasteiger partial charge in [-0.1, -0.05) is 37.3 Å². The smallest absolute Gasteiger partial charge is 0.109 e. The number of imidazole rings is 1. The lowest BCUT2D eigenvalue weighted by atomic mass is 10.0. The average Bonchev–Trinajstić information content (AvgIpc) is 2.73. The lowest BCUT2D eigenvalue weighted by Crippen LogP contribution is -2.16. The van der Waals surface area contributed by atoms with E-state index in [4.69, 9.17) is 4.98 Å². The highest BCUT2D eigenvalue weighted by Crippen LogP contribution is 2.24. The molecule has 0 saturated heterocycles. The minimum atomic E-state index is 0.776. The zero-order valence-electron chi connectivity index (χ0n) is 9.56. The maximum atomic E-state index is 4.73. The van der Waals surface area contributed by atoms with Crippen LogP contribution < -0.4 is 0 Å². The molecule has 2 nitrogen and oxygen atoms in total. The van der Waals surface area contributed by atoms with Crippen molar-refractivity contribution in [3.63, 3.8) is 0 Å². The first-order valence-electron chi connectivity index (χ1n) is 5.94.